The van der Waals surface area contributed by atoms with Crippen LogP contribution in [0.2, 0.25) is 0 Å². The number of piperidine rings is 1. The number of ether oxygens (including phenoxy) is 1. The second-order valence-electron chi connectivity index (χ2n) is 6.61. The van der Waals surface area contributed by atoms with E-state index in [2.05, 4.69) is 10.2 Å². The first kappa shape index (κ1) is 17.3. The van der Waals surface area contributed by atoms with Gasteiger partial charge in [0.15, 0.2) is 0 Å². The number of nitrogens with one attached hydrogen (secondary N) is 1. The van der Waals surface area contributed by atoms with Gasteiger partial charge in [0.1, 0.15) is 0 Å². The number of amides is 1. The third-order valence-corrected chi connectivity index (χ3v) is 4.95. The van der Waals surface area contributed by atoms with Crippen LogP contribution in [0.5, 0.6) is 0 Å². The maximum absolute atomic E-state index is 12.4. The molecule has 0 aromatic rings. The van der Waals surface area contributed by atoms with Crippen LogP contribution < -0.4 is 5.32 Å². The summed E-state index contributed by atoms with van der Waals surface area (Å²) < 4.78 is 5.13. The Hall–Kier alpha value is -1.10. The molecule has 1 amide bonds. The molecule has 0 aromatic heterocycles. The van der Waals surface area contributed by atoms with E-state index >= 15 is 0 Å². The van der Waals surface area contributed by atoms with Gasteiger partial charge in [-0.2, -0.15) is 0 Å². The molecule has 2 rings (SSSR count). The number of carbonyl (C=O) groups excluding carboxylic acids is 2. The van der Waals surface area contributed by atoms with Crippen molar-refractivity contribution < 1.29 is 14.3 Å². The smallest absolute Gasteiger partial charge is 0.310 e. The maximum Gasteiger partial charge on any atom is 0.310 e. The van der Waals surface area contributed by atoms with Crippen LogP contribution in [0, 0.1) is 5.92 Å². The zero-order valence-corrected chi connectivity index (χ0v) is 14.0. The highest BCUT2D eigenvalue weighted by atomic mass is 16.5. The fraction of sp³-hybridized carbons (Fsp3) is 0.882. The summed E-state index contributed by atoms with van der Waals surface area (Å²) in [5.74, 6) is -0.0953. The zero-order valence-electron chi connectivity index (χ0n) is 14.0. The number of hydrogen-bond donors (Lipinski definition) is 1. The van der Waals surface area contributed by atoms with Crippen LogP contribution in [0.15, 0.2) is 0 Å². The summed E-state index contributed by atoms with van der Waals surface area (Å²) in [5, 5.41) is 3.19. The van der Waals surface area contributed by atoms with Gasteiger partial charge in [0.25, 0.3) is 0 Å². The molecule has 0 bridgehead atoms. The summed E-state index contributed by atoms with van der Waals surface area (Å²) in [4.78, 5) is 26.5. The van der Waals surface area contributed by atoms with Crippen LogP contribution in [0.4, 0.5) is 0 Å². The molecular formula is C17H30N2O3. The van der Waals surface area contributed by atoms with Crippen LogP contribution in [0.1, 0.15) is 58.8 Å². The Bertz CT molecular complexity index is 380. The van der Waals surface area contributed by atoms with E-state index in [1.54, 1.807) is 0 Å². The molecule has 2 fully saturated rings. The number of hydrogen-bond acceptors (Lipinski definition) is 4. The van der Waals surface area contributed by atoms with Crippen LogP contribution in [0.25, 0.3) is 0 Å². The van der Waals surface area contributed by atoms with Crippen molar-refractivity contribution >= 4 is 11.9 Å². The molecular weight excluding hydrogens is 280 g/mol. The van der Waals surface area contributed by atoms with E-state index in [0.717, 1.165) is 32.2 Å². The van der Waals surface area contributed by atoms with Gasteiger partial charge in [0, 0.05) is 12.6 Å². The monoisotopic (exact) mass is 310 g/mol. The van der Waals surface area contributed by atoms with Crippen LogP contribution in [-0.4, -0.2) is 48.6 Å². The lowest BCUT2D eigenvalue weighted by Gasteiger charge is -2.36. The van der Waals surface area contributed by atoms with E-state index < -0.39 is 0 Å². The molecule has 126 valence electrons. The maximum atomic E-state index is 12.4. The number of esters is 1. The summed E-state index contributed by atoms with van der Waals surface area (Å²) in [6.45, 7) is 5.73. The van der Waals surface area contributed by atoms with E-state index in [0.29, 0.717) is 19.2 Å². The molecule has 2 atom stereocenters. The summed E-state index contributed by atoms with van der Waals surface area (Å²) in [7, 11) is 0. The van der Waals surface area contributed by atoms with E-state index in [9.17, 15) is 9.59 Å². The van der Waals surface area contributed by atoms with E-state index in [4.69, 9.17) is 4.74 Å². The van der Waals surface area contributed by atoms with Crippen molar-refractivity contribution in [1.82, 2.24) is 10.2 Å². The third-order valence-electron chi connectivity index (χ3n) is 4.95. The molecule has 1 aliphatic carbocycles. The summed E-state index contributed by atoms with van der Waals surface area (Å²) in [6, 6.07) is 0.175. The molecule has 0 spiro atoms. The predicted octanol–water partition coefficient (Wildman–Crippen LogP) is 2.10. The topological polar surface area (TPSA) is 58.6 Å². The fourth-order valence-electron chi connectivity index (χ4n) is 3.55. The highest BCUT2D eigenvalue weighted by Gasteiger charge is 2.32. The molecule has 1 N–H and O–H groups in total. The SMILES string of the molecule is CCOC(=O)C1CCCN(C(C)C(=O)NC2CCCCC2)C1. The highest BCUT2D eigenvalue weighted by molar-refractivity contribution is 5.81. The molecule has 0 aromatic carbocycles. The minimum absolute atomic E-state index is 0.0846. The van der Waals surface area contributed by atoms with Crippen molar-refractivity contribution in [3.63, 3.8) is 0 Å². The molecule has 5 heteroatoms. The zero-order chi connectivity index (χ0) is 15.9. The molecule has 1 saturated carbocycles. The molecule has 2 aliphatic rings. The number of rotatable bonds is 5. The Labute approximate surface area is 133 Å². The van der Waals surface area contributed by atoms with Gasteiger partial charge in [-0.25, -0.2) is 0 Å². The van der Waals surface area contributed by atoms with Crippen LogP contribution in [-0.2, 0) is 14.3 Å². The number of carbonyl (C=O) groups is 2. The summed E-state index contributed by atoms with van der Waals surface area (Å²) in [6.07, 6.45) is 7.74. The Morgan fingerprint density at radius 1 is 1.18 bits per heavy atom. The van der Waals surface area contributed by atoms with Crippen molar-refractivity contribution in [2.24, 2.45) is 5.92 Å². The van der Waals surface area contributed by atoms with Crippen LogP contribution in [0.3, 0.4) is 0 Å². The normalized spacial score (nSPS) is 25.5. The fourth-order valence-corrected chi connectivity index (χ4v) is 3.55. The van der Waals surface area contributed by atoms with Gasteiger partial charge in [-0.05, 0) is 46.1 Å². The predicted molar refractivity (Wildman–Crippen MR) is 85.4 cm³/mol. The second kappa shape index (κ2) is 8.51. The van der Waals surface area contributed by atoms with Crippen molar-refractivity contribution in [2.45, 2.75) is 70.9 Å². The third kappa shape index (κ3) is 4.70. The van der Waals surface area contributed by atoms with Crippen molar-refractivity contribution in [3.8, 4) is 0 Å². The van der Waals surface area contributed by atoms with E-state index in [1.807, 2.05) is 13.8 Å². The number of likely N-dealkylation sites (tertiary alicyclic amines) is 1. The van der Waals surface area contributed by atoms with E-state index in [-0.39, 0.29) is 23.8 Å². The highest BCUT2D eigenvalue weighted by Crippen LogP contribution is 2.21. The van der Waals surface area contributed by atoms with Crippen molar-refractivity contribution in [3.05, 3.63) is 0 Å². The van der Waals surface area contributed by atoms with Gasteiger partial charge in [-0.1, -0.05) is 19.3 Å². The lowest BCUT2D eigenvalue weighted by Crippen LogP contribution is -2.52. The van der Waals surface area contributed by atoms with Gasteiger partial charge in [-0.15, -0.1) is 0 Å². The molecule has 2 unspecified atom stereocenters. The molecule has 1 heterocycles. The second-order valence-corrected chi connectivity index (χ2v) is 6.61. The average molecular weight is 310 g/mol. The average Bonchev–Trinajstić information content (AvgIpc) is 2.55. The van der Waals surface area contributed by atoms with Crippen molar-refractivity contribution in [2.75, 3.05) is 19.7 Å². The lowest BCUT2D eigenvalue weighted by atomic mass is 9.94. The molecule has 5 nitrogen and oxygen atoms in total. The Morgan fingerprint density at radius 2 is 1.91 bits per heavy atom. The first-order chi connectivity index (χ1) is 10.6. The first-order valence-electron chi connectivity index (χ1n) is 8.83. The van der Waals surface area contributed by atoms with Crippen LogP contribution >= 0.6 is 0 Å². The quantitative estimate of drug-likeness (QED) is 0.790. The summed E-state index contributed by atoms with van der Waals surface area (Å²) >= 11 is 0. The minimum atomic E-state index is -0.167. The molecule has 22 heavy (non-hydrogen) atoms. The Kier molecular flexibility index (Phi) is 6.68. The van der Waals surface area contributed by atoms with Gasteiger partial charge in [0.05, 0.1) is 18.6 Å². The Balaban J connectivity index is 1.83. The molecule has 0 radical (unpaired) electrons. The van der Waals surface area contributed by atoms with Gasteiger partial charge >= 0.3 is 5.97 Å². The van der Waals surface area contributed by atoms with Crippen molar-refractivity contribution in [1.29, 1.82) is 0 Å². The minimum Gasteiger partial charge on any atom is -0.466 e. The largest absolute Gasteiger partial charge is 0.466 e. The molecule has 1 saturated heterocycles. The van der Waals surface area contributed by atoms with Gasteiger partial charge in [-0.3, -0.25) is 14.5 Å². The number of nitrogens with zero attached hydrogens (tertiary/aromatic N) is 1. The standard InChI is InChI=1S/C17H30N2O3/c1-3-22-17(21)14-8-7-11-19(12-14)13(2)16(20)18-15-9-5-4-6-10-15/h13-15H,3-12H2,1-2H3,(H,18,20). The lowest BCUT2D eigenvalue weighted by molar-refractivity contribution is -0.151. The first-order valence-corrected chi connectivity index (χ1v) is 8.83. The summed E-state index contributed by atoms with van der Waals surface area (Å²) in [5.41, 5.74) is 0. The van der Waals surface area contributed by atoms with Gasteiger partial charge < -0.3 is 10.1 Å². The molecule has 1 aliphatic heterocycles. The Morgan fingerprint density at radius 3 is 2.59 bits per heavy atom. The van der Waals surface area contributed by atoms with E-state index in [1.165, 1.54) is 19.3 Å². The van der Waals surface area contributed by atoms with Gasteiger partial charge in [0.2, 0.25) is 5.91 Å².